The van der Waals surface area contributed by atoms with Crippen molar-refractivity contribution in [3.05, 3.63) is 48.4 Å². The second kappa shape index (κ2) is 13.4. The van der Waals surface area contributed by atoms with E-state index in [9.17, 15) is 19.2 Å². The number of aromatic amines is 1. The standard InChI is InChI=1S/C26H35N5O5/c1-18(36-31-24(33)11-12-25(31)34)13-15-28-26(35)22(30-23(32)10-4-3-7-14-27-2)16-19-17-29-21-9-6-5-8-20(19)21/h5-6,8-9,17,22,27,29H,1,3-4,7,10-16H2,2H3,(H,28,35)(H,30,32). The van der Waals surface area contributed by atoms with Crippen molar-refractivity contribution < 1.29 is 24.0 Å². The highest BCUT2D eigenvalue weighted by Gasteiger charge is 2.31. The number of aromatic nitrogens is 1. The zero-order valence-corrected chi connectivity index (χ0v) is 20.7. The van der Waals surface area contributed by atoms with Gasteiger partial charge in [0, 0.05) is 55.7 Å². The second-order valence-electron chi connectivity index (χ2n) is 8.85. The van der Waals surface area contributed by atoms with Gasteiger partial charge in [-0.25, -0.2) is 0 Å². The highest BCUT2D eigenvalue weighted by atomic mass is 16.7. The molecule has 1 aromatic carbocycles. The number of amides is 4. The third-order valence-electron chi connectivity index (χ3n) is 6.01. The molecule has 4 amide bonds. The molecule has 36 heavy (non-hydrogen) atoms. The van der Waals surface area contributed by atoms with E-state index in [1.807, 2.05) is 37.5 Å². The van der Waals surface area contributed by atoms with E-state index in [1.165, 1.54) is 0 Å². The molecule has 1 fully saturated rings. The van der Waals surface area contributed by atoms with Crippen LogP contribution in [0, 0.1) is 0 Å². The smallest absolute Gasteiger partial charge is 0.263 e. The van der Waals surface area contributed by atoms with Crippen LogP contribution >= 0.6 is 0 Å². The van der Waals surface area contributed by atoms with Crippen molar-refractivity contribution in [1.82, 2.24) is 26.0 Å². The number of imide groups is 1. The Morgan fingerprint density at radius 2 is 1.83 bits per heavy atom. The summed E-state index contributed by atoms with van der Waals surface area (Å²) in [6.45, 7) is 4.81. The number of fused-ring (bicyclic) bond motifs is 1. The van der Waals surface area contributed by atoms with E-state index in [0.29, 0.717) is 12.8 Å². The van der Waals surface area contributed by atoms with E-state index in [4.69, 9.17) is 4.84 Å². The van der Waals surface area contributed by atoms with Crippen LogP contribution in [-0.2, 0) is 30.4 Å². The Hall–Kier alpha value is -3.66. The zero-order chi connectivity index (χ0) is 25.9. The van der Waals surface area contributed by atoms with Crippen LogP contribution in [0.25, 0.3) is 10.9 Å². The number of carbonyl (C=O) groups is 4. The average Bonchev–Trinajstić information content (AvgIpc) is 3.41. The summed E-state index contributed by atoms with van der Waals surface area (Å²) in [6.07, 6.45) is 5.65. The van der Waals surface area contributed by atoms with E-state index in [2.05, 4.69) is 27.5 Å². The van der Waals surface area contributed by atoms with Gasteiger partial charge in [-0.05, 0) is 38.1 Å². The molecule has 1 aliphatic heterocycles. The minimum absolute atomic E-state index is 0.119. The van der Waals surface area contributed by atoms with Gasteiger partial charge in [0.05, 0.1) is 0 Å². The minimum atomic E-state index is -0.759. The Morgan fingerprint density at radius 3 is 2.58 bits per heavy atom. The monoisotopic (exact) mass is 497 g/mol. The summed E-state index contributed by atoms with van der Waals surface area (Å²) in [5.74, 6) is -1.11. The number of H-pyrrole nitrogens is 1. The lowest BCUT2D eigenvalue weighted by molar-refractivity contribution is -0.177. The van der Waals surface area contributed by atoms with Gasteiger partial charge >= 0.3 is 0 Å². The fourth-order valence-corrected chi connectivity index (χ4v) is 4.04. The predicted octanol–water partition coefficient (Wildman–Crippen LogP) is 2.08. The third kappa shape index (κ3) is 7.67. The quantitative estimate of drug-likeness (QED) is 0.169. The van der Waals surface area contributed by atoms with Crippen LogP contribution < -0.4 is 16.0 Å². The van der Waals surface area contributed by atoms with Crippen LogP contribution in [0.15, 0.2) is 42.8 Å². The molecule has 10 nitrogen and oxygen atoms in total. The first kappa shape index (κ1) is 26.9. The highest BCUT2D eigenvalue weighted by molar-refractivity contribution is 6.00. The summed E-state index contributed by atoms with van der Waals surface area (Å²) in [7, 11) is 1.90. The van der Waals surface area contributed by atoms with E-state index in [1.54, 1.807) is 0 Å². The van der Waals surface area contributed by atoms with Crippen molar-refractivity contribution in [2.45, 2.75) is 57.4 Å². The van der Waals surface area contributed by atoms with Gasteiger partial charge in [-0.15, -0.1) is 5.06 Å². The lowest BCUT2D eigenvalue weighted by atomic mass is 10.0. The largest absolute Gasteiger partial charge is 0.374 e. The molecule has 0 aliphatic carbocycles. The highest BCUT2D eigenvalue weighted by Crippen LogP contribution is 2.19. The van der Waals surface area contributed by atoms with Crippen LogP contribution in [0.1, 0.15) is 50.5 Å². The molecule has 0 bridgehead atoms. The van der Waals surface area contributed by atoms with Gasteiger partial charge in [-0.1, -0.05) is 31.2 Å². The lowest BCUT2D eigenvalue weighted by Crippen LogP contribution is -2.48. The fourth-order valence-electron chi connectivity index (χ4n) is 4.04. The molecule has 0 spiro atoms. The molecule has 1 atom stereocenters. The Bertz CT molecular complexity index is 1080. The number of hydrogen-bond acceptors (Lipinski definition) is 6. The molecular formula is C26H35N5O5. The molecule has 10 heteroatoms. The van der Waals surface area contributed by atoms with Gasteiger partial charge in [0.1, 0.15) is 11.8 Å². The number of hydroxylamine groups is 2. The van der Waals surface area contributed by atoms with Crippen LogP contribution in [0.4, 0.5) is 0 Å². The first-order valence-electron chi connectivity index (χ1n) is 12.4. The number of hydrogen-bond donors (Lipinski definition) is 4. The summed E-state index contributed by atoms with van der Waals surface area (Å²) in [5.41, 5.74) is 1.89. The summed E-state index contributed by atoms with van der Waals surface area (Å²) in [4.78, 5) is 57.5. The lowest BCUT2D eigenvalue weighted by Gasteiger charge is -2.19. The first-order chi connectivity index (χ1) is 17.4. The Kier molecular flexibility index (Phi) is 10.1. The first-order valence-corrected chi connectivity index (χ1v) is 12.4. The molecule has 0 saturated carbocycles. The van der Waals surface area contributed by atoms with Crippen molar-refractivity contribution in [2.24, 2.45) is 0 Å². The molecule has 194 valence electrons. The van der Waals surface area contributed by atoms with Crippen molar-refractivity contribution in [3.63, 3.8) is 0 Å². The van der Waals surface area contributed by atoms with Gasteiger partial charge in [-0.2, -0.15) is 0 Å². The fraction of sp³-hybridized carbons (Fsp3) is 0.462. The Morgan fingerprint density at radius 1 is 1.08 bits per heavy atom. The van der Waals surface area contributed by atoms with Gasteiger partial charge < -0.3 is 25.8 Å². The summed E-state index contributed by atoms with van der Waals surface area (Å²) < 4.78 is 0. The molecule has 4 N–H and O–H groups in total. The van der Waals surface area contributed by atoms with E-state index in [-0.39, 0.29) is 43.4 Å². The van der Waals surface area contributed by atoms with E-state index < -0.39 is 17.9 Å². The van der Waals surface area contributed by atoms with Gasteiger partial charge in [-0.3, -0.25) is 19.2 Å². The minimum Gasteiger partial charge on any atom is -0.374 e. The van der Waals surface area contributed by atoms with Crippen LogP contribution in [0.3, 0.4) is 0 Å². The van der Waals surface area contributed by atoms with Gasteiger partial charge in [0.25, 0.3) is 11.8 Å². The Labute approximate surface area is 210 Å². The maximum atomic E-state index is 13.1. The summed E-state index contributed by atoms with van der Waals surface area (Å²) in [5, 5.41) is 10.5. The number of para-hydroxylation sites is 1. The zero-order valence-electron chi connectivity index (χ0n) is 20.7. The molecule has 1 aromatic heterocycles. The van der Waals surface area contributed by atoms with E-state index in [0.717, 1.165) is 47.3 Å². The topological polar surface area (TPSA) is 133 Å². The molecular weight excluding hydrogens is 462 g/mol. The number of nitrogens with one attached hydrogen (secondary N) is 4. The van der Waals surface area contributed by atoms with Crippen molar-refractivity contribution in [2.75, 3.05) is 20.1 Å². The van der Waals surface area contributed by atoms with Crippen LogP contribution in [0.2, 0.25) is 0 Å². The van der Waals surface area contributed by atoms with E-state index >= 15 is 0 Å². The predicted molar refractivity (Wildman–Crippen MR) is 135 cm³/mol. The summed E-state index contributed by atoms with van der Waals surface area (Å²) >= 11 is 0. The molecule has 3 rings (SSSR count). The van der Waals surface area contributed by atoms with Gasteiger partial charge in [0.2, 0.25) is 11.8 Å². The molecule has 2 aromatic rings. The number of rotatable bonds is 15. The van der Waals surface area contributed by atoms with Gasteiger partial charge in [0.15, 0.2) is 0 Å². The number of nitrogens with zero attached hydrogens (tertiary/aromatic N) is 1. The van der Waals surface area contributed by atoms with Crippen molar-refractivity contribution in [1.29, 1.82) is 0 Å². The SMILES string of the molecule is C=C(CCNC(=O)C(Cc1c[nH]c2ccccc12)NC(=O)CCCCCNC)ON1C(=O)CCC1=O. The Balaban J connectivity index is 1.56. The number of benzene rings is 1. The number of unbranched alkanes of at least 4 members (excludes halogenated alkanes) is 2. The van der Waals surface area contributed by atoms with Crippen LogP contribution in [-0.4, -0.2) is 59.9 Å². The molecule has 1 saturated heterocycles. The number of carbonyl (C=O) groups excluding carboxylic acids is 4. The summed E-state index contributed by atoms with van der Waals surface area (Å²) in [6, 6.07) is 7.03. The maximum absolute atomic E-state index is 13.1. The molecule has 2 heterocycles. The normalized spacial score (nSPS) is 14.2. The molecule has 0 radical (unpaired) electrons. The van der Waals surface area contributed by atoms with Crippen molar-refractivity contribution in [3.8, 4) is 0 Å². The van der Waals surface area contributed by atoms with Crippen LogP contribution in [0.5, 0.6) is 0 Å². The molecule has 1 aliphatic rings. The average molecular weight is 498 g/mol. The maximum Gasteiger partial charge on any atom is 0.263 e. The molecule has 1 unspecified atom stereocenters. The van der Waals surface area contributed by atoms with Crippen molar-refractivity contribution >= 4 is 34.5 Å². The second-order valence-corrected chi connectivity index (χ2v) is 8.85. The third-order valence-corrected chi connectivity index (χ3v) is 6.01.